The second-order valence-corrected chi connectivity index (χ2v) is 7.67. The summed E-state index contributed by atoms with van der Waals surface area (Å²) in [5.74, 6) is 0.846. The van der Waals surface area contributed by atoms with E-state index in [9.17, 15) is 4.79 Å². The minimum absolute atomic E-state index is 0.0326. The molecular formula is C24H29ClN2O4. The Labute approximate surface area is 188 Å². The Hall–Kier alpha value is -2.54. The molecule has 0 spiro atoms. The molecule has 0 aromatic heterocycles. The maximum Gasteiger partial charge on any atom is 0.244 e. The lowest BCUT2D eigenvalue weighted by molar-refractivity contribution is -0.117. The van der Waals surface area contributed by atoms with E-state index in [0.29, 0.717) is 36.3 Å². The molecule has 1 amide bonds. The van der Waals surface area contributed by atoms with Crippen LogP contribution in [-0.4, -0.2) is 56.9 Å². The average molecular weight is 445 g/mol. The Morgan fingerprint density at radius 1 is 1.32 bits per heavy atom. The number of hydrogen-bond donors (Lipinski definition) is 1. The van der Waals surface area contributed by atoms with Gasteiger partial charge in [-0.3, -0.25) is 9.69 Å². The fourth-order valence-electron chi connectivity index (χ4n) is 3.45. The summed E-state index contributed by atoms with van der Waals surface area (Å²) in [7, 11) is 1.56. The van der Waals surface area contributed by atoms with Gasteiger partial charge in [0.25, 0.3) is 0 Å². The van der Waals surface area contributed by atoms with Crippen molar-refractivity contribution in [2.45, 2.75) is 19.6 Å². The van der Waals surface area contributed by atoms with Crippen molar-refractivity contribution in [2.24, 2.45) is 0 Å². The number of ether oxygens (including phenoxy) is 3. The quantitative estimate of drug-likeness (QED) is 0.596. The van der Waals surface area contributed by atoms with E-state index >= 15 is 0 Å². The van der Waals surface area contributed by atoms with Crippen LogP contribution in [0.25, 0.3) is 6.08 Å². The summed E-state index contributed by atoms with van der Waals surface area (Å²) in [6.07, 6.45) is 3.15. The van der Waals surface area contributed by atoms with Crippen molar-refractivity contribution in [1.82, 2.24) is 10.2 Å². The zero-order valence-corrected chi connectivity index (χ0v) is 18.7. The van der Waals surface area contributed by atoms with Crippen molar-refractivity contribution in [1.29, 1.82) is 0 Å². The number of nitrogens with zero attached hydrogens (tertiary/aromatic N) is 1. The first kappa shape index (κ1) is 23.1. The third-order valence-electron chi connectivity index (χ3n) is 4.94. The lowest BCUT2D eigenvalue weighted by Gasteiger charge is -2.33. The van der Waals surface area contributed by atoms with Crippen LogP contribution in [-0.2, 0) is 16.1 Å². The molecule has 1 unspecified atom stereocenters. The maximum absolute atomic E-state index is 12.3. The average Bonchev–Trinajstić information content (AvgIpc) is 2.78. The van der Waals surface area contributed by atoms with E-state index in [0.717, 1.165) is 25.2 Å². The van der Waals surface area contributed by atoms with Gasteiger partial charge in [-0.2, -0.15) is 0 Å². The highest BCUT2D eigenvalue weighted by Gasteiger charge is 2.20. The number of nitrogens with one attached hydrogen (secondary N) is 1. The maximum atomic E-state index is 12.3. The lowest BCUT2D eigenvalue weighted by Crippen LogP contribution is -2.46. The lowest BCUT2D eigenvalue weighted by atomic mass is 10.1. The zero-order valence-electron chi connectivity index (χ0n) is 18.0. The van der Waals surface area contributed by atoms with Gasteiger partial charge < -0.3 is 19.5 Å². The molecule has 1 aliphatic rings. The molecule has 0 saturated carbocycles. The van der Waals surface area contributed by atoms with E-state index in [1.54, 1.807) is 25.3 Å². The van der Waals surface area contributed by atoms with E-state index in [4.69, 9.17) is 25.8 Å². The van der Waals surface area contributed by atoms with Crippen LogP contribution >= 0.6 is 11.6 Å². The third-order valence-corrected chi connectivity index (χ3v) is 5.22. The molecular weight excluding hydrogens is 416 g/mol. The summed E-state index contributed by atoms with van der Waals surface area (Å²) in [4.78, 5) is 14.6. The van der Waals surface area contributed by atoms with E-state index < -0.39 is 0 Å². The van der Waals surface area contributed by atoms with Gasteiger partial charge in [0.05, 0.1) is 31.5 Å². The normalized spacial score (nSPS) is 16.9. The predicted molar refractivity (Wildman–Crippen MR) is 123 cm³/mol. The Balaban J connectivity index is 1.50. The molecule has 1 saturated heterocycles. The number of amides is 1. The highest BCUT2D eigenvalue weighted by atomic mass is 35.5. The van der Waals surface area contributed by atoms with E-state index in [1.807, 2.05) is 25.1 Å². The smallest absolute Gasteiger partial charge is 0.244 e. The molecule has 1 atom stereocenters. The molecule has 7 heteroatoms. The van der Waals surface area contributed by atoms with Crippen LogP contribution in [0.1, 0.15) is 18.1 Å². The number of halogens is 1. The van der Waals surface area contributed by atoms with Crippen LogP contribution in [0.5, 0.6) is 11.5 Å². The summed E-state index contributed by atoms with van der Waals surface area (Å²) < 4.78 is 16.7. The van der Waals surface area contributed by atoms with Gasteiger partial charge in [-0.05, 0) is 36.3 Å². The first-order chi connectivity index (χ1) is 15.1. The first-order valence-electron chi connectivity index (χ1n) is 10.4. The van der Waals surface area contributed by atoms with Crippen molar-refractivity contribution in [2.75, 3.05) is 40.0 Å². The molecule has 2 aromatic carbocycles. The summed E-state index contributed by atoms with van der Waals surface area (Å²) >= 11 is 6.28. The Morgan fingerprint density at radius 2 is 2.13 bits per heavy atom. The molecule has 0 radical (unpaired) electrons. The standard InChI is InChI=1S/C24H29ClN2O4/c1-3-30-24-21(25)13-19(14-22(24)29-2)9-10-23(28)26-15-20-17-27(11-12-31-20)16-18-7-5-4-6-8-18/h4-10,13-14,20H,3,11-12,15-17H2,1-2H3,(H,26,28)/b10-9+. The van der Waals surface area contributed by atoms with Crippen LogP contribution in [0.3, 0.4) is 0 Å². The summed E-state index contributed by atoms with van der Waals surface area (Å²) in [6.45, 7) is 6.04. The third kappa shape index (κ3) is 6.99. The summed E-state index contributed by atoms with van der Waals surface area (Å²) in [5, 5.41) is 3.36. The number of carbonyl (C=O) groups is 1. The largest absolute Gasteiger partial charge is 0.493 e. The van der Waals surface area contributed by atoms with Gasteiger partial charge in [0.2, 0.25) is 5.91 Å². The zero-order chi connectivity index (χ0) is 22.1. The van der Waals surface area contributed by atoms with Crippen molar-refractivity contribution in [3.63, 3.8) is 0 Å². The van der Waals surface area contributed by atoms with Crippen LogP contribution in [0.2, 0.25) is 5.02 Å². The Bertz CT molecular complexity index is 889. The minimum Gasteiger partial charge on any atom is -0.493 e. The predicted octanol–water partition coefficient (Wildman–Crippen LogP) is 3.78. The summed E-state index contributed by atoms with van der Waals surface area (Å²) in [6, 6.07) is 13.9. The number of benzene rings is 2. The fourth-order valence-corrected chi connectivity index (χ4v) is 3.73. The van der Waals surface area contributed by atoms with Gasteiger partial charge in [0, 0.05) is 32.3 Å². The molecule has 1 aliphatic heterocycles. The number of methoxy groups -OCH3 is 1. The van der Waals surface area contributed by atoms with Gasteiger partial charge in [0.1, 0.15) is 0 Å². The molecule has 1 N–H and O–H groups in total. The molecule has 1 fully saturated rings. The van der Waals surface area contributed by atoms with Crippen molar-refractivity contribution >= 4 is 23.6 Å². The molecule has 0 bridgehead atoms. The van der Waals surface area contributed by atoms with E-state index in [1.165, 1.54) is 11.6 Å². The number of carbonyl (C=O) groups excluding carboxylic acids is 1. The van der Waals surface area contributed by atoms with Gasteiger partial charge in [-0.25, -0.2) is 0 Å². The molecule has 1 heterocycles. The molecule has 2 aromatic rings. The van der Waals surface area contributed by atoms with Crippen molar-refractivity contribution in [3.8, 4) is 11.5 Å². The highest BCUT2D eigenvalue weighted by molar-refractivity contribution is 6.32. The van der Waals surface area contributed by atoms with Gasteiger partial charge in [-0.15, -0.1) is 0 Å². The topological polar surface area (TPSA) is 60.0 Å². The van der Waals surface area contributed by atoms with Crippen LogP contribution in [0.15, 0.2) is 48.5 Å². The molecule has 3 rings (SSSR count). The first-order valence-corrected chi connectivity index (χ1v) is 10.8. The second kappa shape index (κ2) is 11.7. The van der Waals surface area contributed by atoms with Crippen molar-refractivity contribution < 1.29 is 19.0 Å². The summed E-state index contributed by atoms with van der Waals surface area (Å²) in [5.41, 5.74) is 2.03. The molecule has 6 nitrogen and oxygen atoms in total. The number of hydrogen-bond acceptors (Lipinski definition) is 5. The second-order valence-electron chi connectivity index (χ2n) is 7.26. The van der Waals surface area contributed by atoms with E-state index in [2.05, 4.69) is 22.3 Å². The van der Waals surface area contributed by atoms with Crippen LogP contribution < -0.4 is 14.8 Å². The Kier molecular flexibility index (Phi) is 8.76. The molecule has 0 aliphatic carbocycles. The molecule has 31 heavy (non-hydrogen) atoms. The number of morpholine rings is 1. The fraction of sp³-hybridized carbons (Fsp3) is 0.375. The highest BCUT2D eigenvalue weighted by Crippen LogP contribution is 2.36. The van der Waals surface area contributed by atoms with Gasteiger partial charge in [0.15, 0.2) is 11.5 Å². The Morgan fingerprint density at radius 3 is 2.87 bits per heavy atom. The minimum atomic E-state index is -0.187. The van der Waals surface area contributed by atoms with Gasteiger partial charge in [-0.1, -0.05) is 41.9 Å². The monoisotopic (exact) mass is 444 g/mol. The van der Waals surface area contributed by atoms with Crippen molar-refractivity contribution in [3.05, 3.63) is 64.7 Å². The van der Waals surface area contributed by atoms with Crippen LogP contribution in [0.4, 0.5) is 0 Å². The SMILES string of the molecule is CCOc1c(Cl)cc(/C=C/C(=O)NCC2CN(Cc3ccccc3)CCO2)cc1OC. The van der Waals surface area contributed by atoms with E-state index in [-0.39, 0.29) is 12.0 Å². The van der Waals surface area contributed by atoms with Gasteiger partial charge >= 0.3 is 0 Å². The molecule has 166 valence electrons. The number of rotatable bonds is 9. The van der Waals surface area contributed by atoms with Crippen LogP contribution in [0, 0.1) is 0 Å².